The Balaban J connectivity index is 1.65. The van der Waals surface area contributed by atoms with Crippen LogP contribution in [-0.4, -0.2) is 35.9 Å². The van der Waals surface area contributed by atoms with Crippen molar-refractivity contribution < 1.29 is 14.3 Å². The first kappa shape index (κ1) is 22.4. The number of benzene rings is 3. The maximum absolute atomic E-state index is 13.0. The topological polar surface area (TPSA) is 66.7 Å². The summed E-state index contributed by atoms with van der Waals surface area (Å²) in [6.07, 6.45) is 2.06. The summed E-state index contributed by atoms with van der Waals surface area (Å²) in [7, 11) is 0. The van der Waals surface area contributed by atoms with Gasteiger partial charge in [0.1, 0.15) is 5.75 Å². The average molecular weight is 467 g/mol. The van der Waals surface area contributed by atoms with E-state index >= 15 is 0 Å². The van der Waals surface area contributed by atoms with E-state index in [9.17, 15) is 4.79 Å². The van der Waals surface area contributed by atoms with Gasteiger partial charge in [0, 0.05) is 5.56 Å². The van der Waals surface area contributed by atoms with Gasteiger partial charge in [0.15, 0.2) is 0 Å². The molecule has 0 amide bonds. The first-order valence-electron chi connectivity index (χ1n) is 11.7. The fraction of sp³-hybridized carbons (Fsp3) is 0.179. The van der Waals surface area contributed by atoms with Crippen LogP contribution in [0, 0.1) is 0 Å². The average Bonchev–Trinajstić information content (AvgIpc) is 3.30. The van der Waals surface area contributed by atoms with Gasteiger partial charge >= 0.3 is 5.97 Å². The lowest BCUT2D eigenvalue weighted by molar-refractivity contribution is -0.135. The fourth-order valence-corrected chi connectivity index (χ4v) is 4.13. The van der Waals surface area contributed by atoms with Crippen LogP contribution in [0.4, 0.5) is 5.69 Å². The Labute approximate surface area is 204 Å². The Hall–Kier alpha value is -4.39. The van der Waals surface area contributed by atoms with Gasteiger partial charge in [-0.3, -0.25) is 4.90 Å². The molecule has 0 fully saturated rings. The first-order valence-corrected chi connectivity index (χ1v) is 11.7. The highest BCUT2D eigenvalue weighted by molar-refractivity contribution is 6.41. The van der Waals surface area contributed by atoms with Gasteiger partial charge in [-0.25, -0.2) is 9.79 Å². The molecule has 0 unspecified atom stereocenters. The number of carbonyl (C=O) groups is 1. The third kappa shape index (κ3) is 4.40. The summed E-state index contributed by atoms with van der Waals surface area (Å²) in [5.74, 6) is 0.995. The van der Waals surface area contributed by atoms with Crippen LogP contribution in [0.3, 0.4) is 0 Å². The number of anilines is 1. The maximum atomic E-state index is 13.0. The normalized spacial score (nSPS) is 16.7. The maximum Gasteiger partial charge on any atom is 0.376 e. The van der Waals surface area contributed by atoms with E-state index in [-0.39, 0.29) is 18.5 Å². The van der Waals surface area contributed by atoms with Crippen molar-refractivity contribution in [1.82, 2.24) is 4.90 Å². The predicted octanol–water partition coefficient (Wildman–Crippen LogP) is 5.24. The molecule has 3 aromatic rings. The van der Waals surface area contributed by atoms with Gasteiger partial charge in [0.2, 0.25) is 11.8 Å². The lowest BCUT2D eigenvalue weighted by Crippen LogP contribution is -2.44. The molecule has 176 valence electrons. The number of aliphatic imine (C=N–C) groups is 1. The molecular formula is C28H26N4O3. The van der Waals surface area contributed by atoms with Crippen molar-refractivity contribution >= 4 is 29.1 Å². The largest absolute Gasteiger partial charge is 0.494 e. The minimum Gasteiger partial charge on any atom is -0.494 e. The van der Waals surface area contributed by atoms with Gasteiger partial charge in [0.25, 0.3) is 0 Å². The van der Waals surface area contributed by atoms with Crippen molar-refractivity contribution in [3.8, 4) is 5.75 Å². The van der Waals surface area contributed by atoms with Crippen LogP contribution in [0.5, 0.6) is 5.75 Å². The number of rotatable bonds is 7. The highest BCUT2D eigenvalue weighted by atomic mass is 16.5. The molecule has 0 N–H and O–H groups in total. The molecule has 0 saturated heterocycles. The molecule has 2 aliphatic rings. The predicted molar refractivity (Wildman–Crippen MR) is 137 cm³/mol. The monoisotopic (exact) mass is 466 g/mol. The van der Waals surface area contributed by atoms with E-state index in [0.29, 0.717) is 12.6 Å². The number of esters is 1. The lowest BCUT2D eigenvalue weighted by Gasteiger charge is -2.32. The molecule has 2 aliphatic heterocycles. The minimum absolute atomic E-state index is 0.191. The Kier molecular flexibility index (Phi) is 6.30. The number of carbonyl (C=O) groups excluding carboxylic acids is 1. The molecule has 0 saturated carbocycles. The number of hydrogen-bond acceptors (Lipinski definition) is 7. The van der Waals surface area contributed by atoms with E-state index in [2.05, 4.69) is 6.08 Å². The zero-order valence-corrected chi connectivity index (χ0v) is 19.7. The Morgan fingerprint density at radius 2 is 1.57 bits per heavy atom. The van der Waals surface area contributed by atoms with Crippen LogP contribution in [0.15, 0.2) is 101 Å². The summed E-state index contributed by atoms with van der Waals surface area (Å²) in [6.45, 7) is 4.56. The van der Waals surface area contributed by atoms with Crippen LogP contribution in [0.1, 0.15) is 31.0 Å². The standard InChI is InChI=1S/C28H26N4O3/c1-3-34-23-17-15-22(16-18-23)32-28-29-24(20-11-7-5-8-12-20)19-25(21-13-9-6-10-14-21)31(28)26(30-32)27(33)35-4-2/h5-19,25H,3-4H2,1-2H3/t25-/m0/s1. The van der Waals surface area contributed by atoms with Crippen molar-refractivity contribution in [2.45, 2.75) is 19.9 Å². The van der Waals surface area contributed by atoms with Crippen molar-refractivity contribution in [1.29, 1.82) is 0 Å². The summed E-state index contributed by atoms with van der Waals surface area (Å²) < 4.78 is 11.0. The number of hydrogen-bond donors (Lipinski definition) is 0. The third-order valence-corrected chi connectivity index (χ3v) is 5.70. The number of guanidine groups is 1. The smallest absolute Gasteiger partial charge is 0.376 e. The molecule has 0 aromatic heterocycles. The van der Waals surface area contributed by atoms with E-state index < -0.39 is 5.97 Å². The number of amidine groups is 1. The summed E-state index contributed by atoms with van der Waals surface area (Å²) in [4.78, 5) is 19.8. The second-order valence-corrected chi connectivity index (χ2v) is 7.94. The van der Waals surface area contributed by atoms with E-state index in [1.807, 2.05) is 96.8 Å². The third-order valence-electron chi connectivity index (χ3n) is 5.70. The molecule has 3 aromatic carbocycles. The summed E-state index contributed by atoms with van der Waals surface area (Å²) in [5, 5.41) is 6.39. The Bertz CT molecular complexity index is 1280. The molecule has 0 radical (unpaired) electrons. The first-order chi connectivity index (χ1) is 17.2. The van der Waals surface area contributed by atoms with Crippen LogP contribution in [-0.2, 0) is 9.53 Å². The van der Waals surface area contributed by atoms with Gasteiger partial charge in [-0.15, -0.1) is 5.10 Å². The van der Waals surface area contributed by atoms with Crippen LogP contribution in [0.2, 0.25) is 0 Å². The van der Waals surface area contributed by atoms with Crippen LogP contribution in [0.25, 0.3) is 5.70 Å². The summed E-state index contributed by atoms with van der Waals surface area (Å²) >= 11 is 0. The molecule has 7 nitrogen and oxygen atoms in total. The van der Waals surface area contributed by atoms with Gasteiger partial charge in [-0.1, -0.05) is 60.7 Å². The van der Waals surface area contributed by atoms with Gasteiger partial charge in [-0.05, 0) is 49.8 Å². The van der Waals surface area contributed by atoms with Gasteiger partial charge in [0.05, 0.1) is 30.6 Å². The molecular weight excluding hydrogens is 440 g/mol. The minimum atomic E-state index is -0.494. The molecule has 2 heterocycles. The van der Waals surface area contributed by atoms with E-state index in [4.69, 9.17) is 19.6 Å². The van der Waals surface area contributed by atoms with Crippen LogP contribution >= 0.6 is 0 Å². The van der Waals surface area contributed by atoms with Crippen molar-refractivity contribution in [2.24, 2.45) is 10.1 Å². The van der Waals surface area contributed by atoms with E-state index in [1.54, 1.807) is 11.9 Å². The van der Waals surface area contributed by atoms with Crippen molar-refractivity contribution in [3.05, 3.63) is 102 Å². The molecule has 7 heteroatoms. The quantitative estimate of drug-likeness (QED) is 0.446. The molecule has 0 spiro atoms. The van der Waals surface area contributed by atoms with Crippen molar-refractivity contribution in [2.75, 3.05) is 18.2 Å². The summed E-state index contributed by atoms with van der Waals surface area (Å²) in [6, 6.07) is 27.3. The van der Waals surface area contributed by atoms with Gasteiger partial charge in [-0.2, -0.15) is 5.01 Å². The number of ether oxygens (including phenoxy) is 2. The van der Waals surface area contributed by atoms with E-state index in [1.165, 1.54) is 0 Å². The van der Waals surface area contributed by atoms with E-state index in [0.717, 1.165) is 28.3 Å². The SMILES string of the molecule is CCOC(=O)C1=NN(c2ccc(OCC)cc2)C2=NC(c3ccccc3)=C[C@@H](c3ccccc3)N12. The van der Waals surface area contributed by atoms with Gasteiger partial charge < -0.3 is 9.47 Å². The molecule has 35 heavy (non-hydrogen) atoms. The zero-order valence-electron chi connectivity index (χ0n) is 19.7. The molecule has 5 rings (SSSR count). The lowest BCUT2D eigenvalue weighted by atomic mass is 10.0. The fourth-order valence-electron chi connectivity index (χ4n) is 4.13. The van der Waals surface area contributed by atoms with Crippen molar-refractivity contribution in [3.63, 3.8) is 0 Å². The second-order valence-electron chi connectivity index (χ2n) is 7.94. The Morgan fingerprint density at radius 3 is 2.23 bits per heavy atom. The highest BCUT2D eigenvalue weighted by Gasteiger charge is 2.43. The molecule has 0 bridgehead atoms. The molecule has 0 aliphatic carbocycles. The van der Waals surface area contributed by atoms with Crippen LogP contribution < -0.4 is 9.75 Å². The number of hydrazone groups is 1. The number of fused-ring (bicyclic) bond motifs is 1. The molecule has 1 atom stereocenters. The second kappa shape index (κ2) is 9.85. The summed E-state index contributed by atoms with van der Waals surface area (Å²) in [5.41, 5.74) is 3.57. The highest BCUT2D eigenvalue weighted by Crippen LogP contribution is 2.38. The zero-order chi connectivity index (χ0) is 24.2. The number of nitrogens with zero attached hydrogens (tertiary/aromatic N) is 4. The Morgan fingerprint density at radius 1 is 0.886 bits per heavy atom.